The van der Waals surface area contributed by atoms with Crippen molar-refractivity contribution in [3.63, 3.8) is 0 Å². The molecule has 2 atom stereocenters. The largest absolute Gasteiger partial charge is 0.396 e. The monoisotopic (exact) mass is 162 g/mol. The standard InChI is InChI=1S/C8H18O3/c1-7(4-5-9)8(2)11-6-10-3/h7-9H,4-6H2,1-3H3/t7-,8-/m0/s1. The second-order valence-electron chi connectivity index (χ2n) is 2.77. The van der Waals surface area contributed by atoms with Gasteiger partial charge < -0.3 is 14.6 Å². The van der Waals surface area contributed by atoms with Crippen LogP contribution in [0.2, 0.25) is 0 Å². The van der Waals surface area contributed by atoms with Gasteiger partial charge in [-0.3, -0.25) is 0 Å². The fourth-order valence-corrected chi connectivity index (χ4v) is 0.778. The van der Waals surface area contributed by atoms with E-state index in [0.717, 1.165) is 6.42 Å². The summed E-state index contributed by atoms with van der Waals surface area (Å²) in [5, 5.41) is 8.62. The molecular weight excluding hydrogens is 144 g/mol. The molecule has 0 fully saturated rings. The molecule has 0 aliphatic rings. The van der Waals surface area contributed by atoms with Crippen molar-refractivity contribution in [1.29, 1.82) is 0 Å². The summed E-state index contributed by atoms with van der Waals surface area (Å²) >= 11 is 0. The molecule has 3 nitrogen and oxygen atoms in total. The highest BCUT2D eigenvalue weighted by molar-refractivity contribution is 4.59. The topological polar surface area (TPSA) is 38.7 Å². The average molecular weight is 162 g/mol. The second kappa shape index (κ2) is 6.58. The van der Waals surface area contributed by atoms with Gasteiger partial charge in [0.05, 0.1) is 6.10 Å². The van der Waals surface area contributed by atoms with Crippen LogP contribution in [0.3, 0.4) is 0 Å². The zero-order chi connectivity index (χ0) is 8.69. The lowest BCUT2D eigenvalue weighted by molar-refractivity contribution is -0.0838. The smallest absolute Gasteiger partial charge is 0.146 e. The number of ether oxygens (including phenoxy) is 2. The van der Waals surface area contributed by atoms with E-state index in [0.29, 0.717) is 12.7 Å². The maximum absolute atomic E-state index is 8.62. The molecule has 0 amide bonds. The first-order valence-corrected chi connectivity index (χ1v) is 3.93. The molecule has 0 aliphatic carbocycles. The lowest BCUT2D eigenvalue weighted by Gasteiger charge is -2.18. The van der Waals surface area contributed by atoms with E-state index in [4.69, 9.17) is 14.6 Å². The van der Waals surface area contributed by atoms with Crippen LogP contribution >= 0.6 is 0 Å². The lowest BCUT2D eigenvalue weighted by atomic mass is 10.0. The van der Waals surface area contributed by atoms with Gasteiger partial charge in [-0.15, -0.1) is 0 Å². The first kappa shape index (κ1) is 10.9. The van der Waals surface area contributed by atoms with Gasteiger partial charge in [0, 0.05) is 13.7 Å². The Hall–Kier alpha value is -0.120. The minimum atomic E-state index is 0.155. The van der Waals surface area contributed by atoms with Crippen molar-refractivity contribution in [2.45, 2.75) is 26.4 Å². The van der Waals surface area contributed by atoms with E-state index >= 15 is 0 Å². The molecule has 68 valence electrons. The SMILES string of the molecule is COCO[C@@H](C)[C@@H](C)CCO. The Morgan fingerprint density at radius 2 is 2.00 bits per heavy atom. The average Bonchev–Trinajstić information content (AvgIpc) is 2.00. The molecule has 0 aromatic carbocycles. The van der Waals surface area contributed by atoms with E-state index < -0.39 is 0 Å². The van der Waals surface area contributed by atoms with Crippen molar-refractivity contribution in [1.82, 2.24) is 0 Å². The van der Waals surface area contributed by atoms with Crippen LogP contribution in [-0.4, -0.2) is 31.7 Å². The third-order valence-corrected chi connectivity index (χ3v) is 1.83. The zero-order valence-electron chi connectivity index (χ0n) is 7.54. The van der Waals surface area contributed by atoms with Gasteiger partial charge in [-0.1, -0.05) is 6.92 Å². The minimum absolute atomic E-state index is 0.155. The molecule has 11 heavy (non-hydrogen) atoms. The van der Waals surface area contributed by atoms with Crippen LogP contribution in [-0.2, 0) is 9.47 Å². The Morgan fingerprint density at radius 3 is 2.45 bits per heavy atom. The summed E-state index contributed by atoms with van der Waals surface area (Å²) in [6.07, 6.45) is 0.937. The summed E-state index contributed by atoms with van der Waals surface area (Å²) in [6.45, 7) is 4.59. The number of aliphatic hydroxyl groups excluding tert-OH is 1. The van der Waals surface area contributed by atoms with Crippen LogP contribution in [0.15, 0.2) is 0 Å². The summed E-state index contributed by atoms with van der Waals surface area (Å²) in [6, 6.07) is 0. The fourth-order valence-electron chi connectivity index (χ4n) is 0.778. The maximum atomic E-state index is 8.62. The van der Waals surface area contributed by atoms with Crippen molar-refractivity contribution in [2.24, 2.45) is 5.92 Å². The predicted octanol–water partition coefficient (Wildman–Crippen LogP) is 1.01. The summed E-state index contributed by atoms with van der Waals surface area (Å²) in [7, 11) is 1.60. The summed E-state index contributed by atoms with van der Waals surface area (Å²) in [5.41, 5.74) is 0. The van der Waals surface area contributed by atoms with Gasteiger partial charge in [-0.25, -0.2) is 0 Å². The van der Waals surface area contributed by atoms with Crippen molar-refractivity contribution in [3.8, 4) is 0 Å². The molecule has 0 aromatic rings. The molecule has 0 radical (unpaired) electrons. The molecule has 0 rings (SSSR count). The molecule has 1 N–H and O–H groups in total. The molecule has 3 heteroatoms. The third-order valence-electron chi connectivity index (χ3n) is 1.83. The van der Waals surface area contributed by atoms with Gasteiger partial charge in [0.25, 0.3) is 0 Å². The summed E-state index contributed by atoms with van der Waals surface area (Å²) < 4.78 is 10.0. The van der Waals surface area contributed by atoms with Crippen LogP contribution in [0.5, 0.6) is 0 Å². The molecule has 0 aromatic heterocycles. The van der Waals surface area contributed by atoms with Crippen molar-refractivity contribution in [2.75, 3.05) is 20.5 Å². The van der Waals surface area contributed by atoms with E-state index in [2.05, 4.69) is 6.92 Å². The molecule has 0 saturated heterocycles. The quantitative estimate of drug-likeness (QED) is 0.592. The van der Waals surface area contributed by atoms with Crippen LogP contribution in [0.25, 0.3) is 0 Å². The van der Waals surface area contributed by atoms with E-state index in [-0.39, 0.29) is 12.7 Å². The zero-order valence-corrected chi connectivity index (χ0v) is 7.54. The molecule has 0 saturated carbocycles. The Labute approximate surface area is 68.3 Å². The Bertz CT molecular complexity index is 85.4. The van der Waals surface area contributed by atoms with E-state index in [1.54, 1.807) is 7.11 Å². The Balaban J connectivity index is 3.38. The van der Waals surface area contributed by atoms with Crippen LogP contribution in [0.1, 0.15) is 20.3 Å². The second-order valence-corrected chi connectivity index (χ2v) is 2.77. The van der Waals surface area contributed by atoms with Gasteiger partial charge in [0.1, 0.15) is 6.79 Å². The number of methoxy groups -OCH3 is 1. The highest BCUT2D eigenvalue weighted by Crippen LogP contribution is 2.10. The van der Waals surface area contributed by atoms with Gasteiger partial charge in [0.15, 0.2) is 0 Å². The fraction of sp³-hybridized carbons (Fsp3) is 1.00. The van der Waals surface area contributed by atoms with Crippen molar-refractivity contribution < 1.29 is 14.6 Å². The summed E-state index contributed by atoms with van der Waals surface area (Å²) in [5.74, 6) is 0.384. The van der Waals surface area contributed by atoms with Gasteiger partial charge in [0.2, 0.25) is 0 Å². The van der Waals surface area contributed by atoms with Gasteiger partial charge in [-0.2, -0.15) is 0 Å². The molecule has 0 heterocycles. The van der Waals surface area contributed by atoms with E-state index in [1.807, 2.05) is 6.92 Å². The lowest BCUT2D eigenvalue weighted by Crippen LogP contribution is -2.20. The van der Waals surface area contributed by atoms with E-state index in [9.17, 15) is 0 Å². The highest BCUT2D eigenvalue weighted by Gasteiger charge is 2.11. The molecule has 0 aliphatic heterocycles. The first-order valence-electron chi connectivity index (χ1n) is 3.93. The third kappa shape index (κ3) is 5.18. The Kier molecular flexibility index (Phi) is 6.51. The number of rotatable bonds is 6. The molecule has 0 bridgehead atoms. The number of hydrogen-bond donors (Lipinski definition) is 1. The maximum Gasteiger partial charge on any atom is 0.146 e. The van der Waals surface area contributed by atoms with Crippen LogP contribution in [0.4, 0.5) is 0 Å². The van der Waals surface area contributed by atoms with E-state index in [1.165, 1.54) is 0 Å². The van der Waals surface area contributed by atoms with Crippen molar-refractivity contribution >= 4 is 0 Å². The Morgan fingerprint density at radius 1 is 1.36 bits per heavy atom. The normalized spacial score (nSPS) is 16.4. The van der Waals surface area contributed by atoms with Crippen LogP contribution in [0, 0.1) is 5.92 Å². The minimum Gasteiger partial charge on any atom is -0.396 e. The first-order chi connectivity index (χ1) is 5.22. The molecule has 0 spiro atoms. The molecule has 0 unspecified atom stereocenters. The summed E-state index contributed by atoms with van der Waals surface area (Å²) in [4.78, 5) is 0. The van der Waals surface area contributed by atoms with Gasteiger partial charge >= 0.3 is 0 Å². The van der Waals surface area contributed by atoms with Gasteiger partial charge in [-0.05, 0) is 19.3 Å². The highest BCUT2D eigenvalue weighted by atomic mass is 16.7. The predicted molar refractivity (Wildman–Crippen MR) is 43.3 cm³/mol. The number of hydrogen-bond acceptors (Lipinski definition) is 3. The van der Waals surface area contributed by atoms with Crippen molar-refractivity contribution in [3.05, 3.63) is 0 Å². The van der Waals surface area contributed by atoms with Crippen LogP contribution < -0.4 is 0 Å². The number of aliphatic hydroxyl groups is 1. The molecular formula is C8H18O3.